The van der Waals surface area contributed by atoms with Crippen molar-refractivity contribution in [3.05, 3.63) is 40.3 Å². The molecule has 1 amide bonds. The van der Waals surface area contributed by atoms with Gasteiger partial charge in [-0.3, -0.25) is 14.6 Å². The lowest BCUT2D eigenvalue weighted by molar-refractivity contribution is -0.123. The smallest absolute Gasteiger partial charge is 0.267 e. The highest BCUT2D eigenvalue weighted by molar-refractivity contribution is 8.26. The van der Waals surface area contributed by atoms with Crippen LogP contribution in [-0.2, 0) is 10.2 Å². The van der Waals surface area contributed by atoms with Crippen LogP contribution in [0.25, 0.3) is 6.08 Å². The first-order valence-corrected chi connectivity index (χ1v) is 10.7. The van der Waals surface area contributed by atoms with E-state index in [-0.39, 0.29) is 11.3 Å². The summed E-state index contributed by atoms with van der Waals surface area (Å²) in [7, 11) is 0. The van der Waals surface area contributed by atoms with E-state index in [0.717, 1.165) is 23.6 Å². The Morgan fingerprint density at radius 3 is 2.27 bits per heavy atom. The van der Waals surface area contributed by atoms with Crippen LogP contribution in [0.2, 0.25) is 0 Å². The molecule has 26 heavy (non-hydrogen) atoms. The molecule has 0 radical (unpaired) electrons. The van der Waals surface area contributed by atoms with Gasteiger partial charge in [0.25, 0.3) is 5.91 Å². The molecule has 3 nitrogen and oxygen atoms in total. The van der Waals surface area contributed by atoms with E-state index in [1.165, 1.54) is 43.0 Å². The summed E-state index contributed by atoms with van der Waals surface area (Å²) in [5.74, 6) is 0.0455. The molecule has 0 saturated carbocycles. The molecule has 1 aromatic rings. The molecule has 0 unspecified atom stereocenters. The van der Waals surface area contributed by atoms with Crippen LogP contribution in [0.3, 0.4) is 0 Å². The number of rotatable bonds is 3. The normalized spacial score (nSPS) is 21.5. The number of hydrogen-bond donors (Lipinski definition) is 0. The van der Waals surface area contributed by atoms with Crippen LogP contribution in [0.15, 0.2) is 29.2 Å². The molecule has 1 aromatic carbocycles. The summed E-state index contributed by atoms with van der Waals surface area (Å²) in [4.78, 5) is 17.7. The molecule has 3 rings (SSSR count). The molecule has 0 aromatic heterocycles. The molecular formula is C21H28N2OS2. The highest BCUT2D eigenvalue weighted by atomic mass is 32.2. The fraction of sp³-hybridized carbons (Fsp3) is 0.524. The Balaban J connectivity index is 1.70. The maximum Gasteiger partial charge on any atom is 0.267 e. The number of benzene rings is 1. The average molecular weight is 389 g/mol. The molecule has 5 heteroatoms. The molecular weight excluding hydrogens is 360 g/mol. The number of likely N-dealkylation sites (tertiary alicyclic amines) is 1. The van der Waals surface area contributed by atoms with Gasteiger partial charge in [-0.15, -0.1) is 0 Å². The molecule has 2 fully saturated rings. The van der Waals surface area contributed by atoms with E-state index in [0.29, 0.717) is 11.0 Å². The summed E-state index contributed by atoms with van der Waals surface area (Å²) in [6.07, 6.45) is 6.97. The fourth-order valence-corrected chi connectivity index (χ4v) is 4.57. The van der Waals surface area contributed by atoms with Crippen molar-refractivity contribution < 1.29 is 4.79 Å². The number of nitrogens with zero attached hydrogens (tertiary/aromatic N) is 2. The lowest BCUT2D eigenvalue weighted by atomic mass is 9.87. The average Bonchev–Trinajstić information content (AvgIpc) is 2.78. The number of carbonyl (C=O) groups is 1. The molecule has 0 atom stereocenters. The first-order chi connectivity index (χ1) is 12.3. The lowest BCUT2D eigenvalue weighted by Gasteiger charge is -2.25. The Kier molecular flexibility index (Phi) is 6.21. The lowest BCUT2D eigenvalue weighted by Crippen LogP contribution is -2.40. The zero-order chi connectivity index (χ0) is 18.7. The first kappa shape index (κ1) is 19.6. The van der Waals surface area contributed by atoms with Gasteiger partial charge in [-0.25, -0.2) is 0 Å². The highest BCUT2D eigenvalue weighted by Gasteiger charge is 2.33. The molecule has 0 spiro atoms. The van der Waals surface area contributed by atoms with Gasteiger partial charge in [0.2, 0.25) is 0 Å². The van der Waals surface area contributed by atoms with Crippen LogP contribution in [0, 0.1) is 0 Å². The van der Waals surface area contributed by atoms with E-state index in [1.54, 1.807) is 4.90 Å². The second-order valence-corrected chi connectivity index (χ2v) is 9.83. The molecule has 140 valence electrons. The van der Waals surface area contributed by atoms with Crippen molar-refractivity contribution >= 4 is 40.3 Å². The highest BCUT2D eigenvalue weighted by Crippen LogP contribution is 2.33. The SMILES string of the molecule is CC(C)(C)c1ccc(/C=C2\SC(=S)N(CN3CCCCCC3)C2=O)cc1. The predicted molar refractivity (Wildman–Crippen MR) is 115 cm³/mol. The first-order valence-electron chi connectivity index (χ1n) is 9.43. The maximum absolute atomic E-state index is 12.8. The Morgan fingerprint density at radius 1 is 1.08 bits per heavy atom. The van der Waals surface area contributed by atoms with Crippen LogP contribution >= 0.6 is 24.0 Å². The zero-order valence-corrected chi connectivity index (χ0v) is 17.6. The van der Waals surface area contributed by atoms with E-state index in [1.807, 2.05) is 6.08 Å². The predicted octanol–water partition coefficient (Wildman–Crippen LogP) is 5.02. The Bertz CT molecular complexity index is 696. The summed E-state index contributed by atoms with van der Waals surface area (Å²) < 4.78 is 0.678. The molecule has 2 saturated heterocycles. The van der Waals surface area contributed by atoms with Gasteiger partial charge in [0.05, 0.1) is 11.6 Å². The number of thioether (sulfide) groups is 1. The summed E-state index contributed by atoms with van der Waals surface area (Å²) in [6.45, 7) is 9.36. The zero-order valence-electron chi connectivity index (χ0n) is 16.0. The molecule has 0 N–H and O–H groups in total. The van der Waals surface area contributed by atoms with E-state index in [9.17, 15) is 4.79 Å². The monoisotopic (exact) mass is 388 g/mol. The summed E-state index contributed by atoms with van der Waals surface area (Å²) >= 11 is 6.91. The minimum Gasteiger partial charge on any atom is -0.286 e. The van der Waals surface area contributed by atoms with Gasteiger partial charge in [0.1, 0.15) is 4.32 Å². The van der Waals surface area contributed by atoms with Gasteiger partial charge in [0, 0.05) is 0 Å². The van der Waals surface area contributed by atoms with Gasteiger partial charge in [-0.1, -0.05) is 81.9 Å². The van der Waals surface area contributed by atoms with Crippen molar-refractivity contribution in [3.8, 4) is 0 Å². The van der Waals surface area contributed by atoms with Crippen molar-refractivity contribution in [1.29, 1.82) is 0 Å². The van der Waals surface area contributed by atoms with Crippen molar-refractivity contribution in [2.75, 3.05) is 19.8 Å². The van der Waals surface area contributed by atoms with Crippen LogP contribution < -0.4 is 0 Å². The molecule has 2 heterocycles. The van der Waals surface area contributed by atoms with Crippen LogP contribution in [0.1, 0.15) is 57.6 Å². The third-order valence-electron chi connectivity index (χ3n) is 4.99. The second-order valence-electron chi connectivity index (χ2n) is 8.16. The Morgan fingerprint density at radius 2 is 1.69 bits per heavy atom. The van der Waals surface area contributed by atoms with Gasteiger partial charge >= 0.3 is 0 Å². The van der Waals surface area contributed by atoms with Gasteiger partial charge < -0.3 is 0 Å². The van der Waals surface area contributed by atoms with Gasteiger partial charge in [-0.2, -0.15) is 0 Å². The standard InChI is InChI=1S/C21H28N2OS2/c1-21(2,3)17-10-8-16(9-11-17)14-18-19(24)23(20(25)26-18)15-22-12-6-4-5-7-13-22/h8-11,14H,4-7,12-13,15H2,1-3H3/b18-14-. The number of thiocarbonyl (C=S) groups is 1. The van der Waals surface area contributed by atoms with Crippen LogP contribution in [0.5, 0.6) is 0 Å². The molecule has 2 aliphatic rings. The Hall–Kier alpha value is -1.17. The number of hydrogen-bond acceptors (Lipinski definition) is 4. The van der Waals surface area contributed by atoms with E-state index in [4.69, 9.17) is 12.2 Å². The van der Waals surface area contributed by atoms with Crippen molar-refractivity contribution in [2.45, 2.75) is 51.9 Å². The fourth-order valence-electron chi connectivity index (χ4n) is 3.33. The van der Waals surface area contributed by atoms with E-state index in [2.05, 4.69) is 49.9 Å². The minimum absolute atomic E-state index is 0.0455. The minimum atomic E-state index is 0.0455. The molecule has 0 bridgehead atoms. The second kappa shape index (κ2) is 8.24. The third-order valence-corrected chi connectivity index (χ3v) is 6.37. The third kappa shape index (κ3) is 4.76. The van der Waals surface area contributed by atoms with E-state index < -0.39 is 0 Å². The number of amides is 1. The maximum atomic E-state index is 12.8. The summed E-state index contributed by atoms with van der Waals surface area (Å²) in [5, 5.41) is 0. The van der Waals surface area contributed by atoms with Crippen molar-refractivity contribution in [1.82, 2.24) is 9.80 Å². The summed E-state index contributed by atoms with van der Waals surface area (Å²) in [5.41, 5.74) is 2.48. The Labute approximate surface area is 166 Å². The summed E-state index contributed by atoms with van der Waals surface area (Å²) in [6, 6.07) is 8.46. The molecule has 0 aliphatic carbocycles. The van der Waals surface area contributed by atoms with Gasteiger partial charge in [-0.05, 0) is 48.5 Å². The van der Waals surface area contributed by atoms with Crippen molar-refractivity contribution in [2.24, 2.45) is 0 Å². The quantitative estimate of drug-likeness (QED) is 0.536. The largest absolute Gasteiger partial charge is 0.286 e. The topological polar surface area (TPSA) is 23.6 Å². The van der Waals surface area contributed by atoms with Crippen LogP contribution in [-0.4, -0.2) is 39.8 Å². The van der Waals surface area contributed by atoms with Gasteiger partial charge in [0.15, 0.2) is 0 Å². The van der Waals surface area contributed by atoms with Crippen molar-refractivity contribution in [3.63, 3.8) is 0 Å². The molecule has 2 aliphatic heterocycles. The van der Waals surface area contributed by atoms with E-state index >= 15 is 0 Å². The number of carbonyl (C=O) groups excluding carboxylic acids is 1. The van der Waals surface area contributed by atoms with Crippen LogP contribution in [0.4, 0.5) is 0 Å².